The summed E-state index contributed by atoms with van der Waals surface area (Å²) in [6.45, 7) is 1.31. The molecule has 0 aliphatic carbocycles. The zero-order valence-electron chi connectivity index (χ0n) is 14.9. The van der Waals surface area contributed by atoms with Crippen LogP contribution in [-0.2, 0) is 6.18 Å². The molecule has 0 atom stereocenters. The number of aryl methyl sites for hydroxylation is 1. The zero-order chi connectivity index (χ0) is 23.0. The maximum absolute atomic E-state index is 13.6. The standard InChI is InChI=1S/C18H13F9N2O/c1-10-4-2-3-5-13(10)14(30)29-16(17(22,23)24,18(25,26)27)28-12-8-6-11(7-9-12)15(19,20)21/h2-9,28H,1H3,(H,29,30). The first kappa shape index (κ1) is 23.4. The second-order valence-electron chi connectivity index (χ2n) is 6.21. The molecule has 0 unspecified atom stereocenters. The Balaban J connectivity index is 2.52. The Bertz CT molecular complexity index is 886. The van der Waals surface area contributed by atoms with Gasteiger partial charge in [0.2, 0.25) is 0 Å². The lowest BCUT2D eigenvalue weighted by molar-refractivity contribution is -0.294. The molecule has 1 amide bonds. The van der Waals surface area contributed by atoms with Gasteiger partial charge >= 0.3 is 24.2 Å². The third-order valence-corrected chi connectivity index (χ3v) is 4.09. The van der Waals surface area contributed by atoms with Crippen molar-refractivity contribution >= 4 is 11.6 Å². The van der Waals surface area contributed by atoms with E-state index in [-0.39, 0.29) is 5.56 Å². The smallest absolute Gasteiger partial charge is 0.348 e. The fourth-order valence-corrected chi connectivity index (χ4v) is 2.50. The van der Waals surface area contributed by atoms with Crippen molar-refractivity contribution in [3.8, 4) is 0 Å². The van der Waals surface area contributed by atoms with Gasteiger partial charge in [0.05, 0.1) is 5.56 Å². The van der Waals surface area contributed by atoms with Crippen LogP contribution in [0.2, 0.25) is 0 Å². The first-order chi connectivity index (χ1) is 13.6. The van der Waals surface area contributed by atoms with Gasteiger partial charge in [-0.1, -0.05) is 18.2 Å². The van der Waals surface area contributed by atoms with Crippen molar-refractivity contribution in [2.24, 2.45) is 0 Å². The quantitative estimate of drug-likeness (QED) is 0.471. The van der Waals surface area contributed by atoms with Gasteiger partial charge in [-0.05, 0) is 42.8 Å². The number of carbonyl (C=O) groups is 1. The van der Waals surface area contributed by atoms with Gasteiger partial charge in [-0.25, -0.2) is 0 Å². The van der Waals surface area contributed by atoms with Crippen LogP contribution < -0.4 is 10.6 Å². The van der Waals surface area contributed by atoms with Gasteiger partial charge in [0.25, 0.3) is 5.91 Å². The van der Waals surface area contributed by atoms with E-state index >= 15 is 0 Å². The summed E-state index contributed by atoms with van der Waals surface area (Å²) in [4.78, 5) is 12.3. The normalized spacial score (nSPS) is 13.1. The van der Waals surface area contributed by atoms with Crippen LogP contribution in [0.5, 0.6) is 0 Å². The fraction of sp³-hybridized carbons (Fsp3) is 0.278. The molecule has 12 heteroatoms. The molecule has 2 aromatic carbocycles. The number of benzene rings is 2. The predicted molar refractivity (Wildman–Crippen MR) is 88.6 cm³/mol. The highest BCUT2D eigenvalue weighted by molar-refractivity contribution is 5.96. The number of hydrogen-bond acceptors (Lipinski definition) is 2. The third-order valence-electron chi connectivity index (χ3n) is 4.09. The molecule has 0 bridgehead atoms. The third kappa shape index (κ3) is 4.62. The average Bonchev–Trinajstić information content (AvgIpc) is 2.59. The second kappa shape index (κ2) is 7.73. The Morgan fingerprint density at radius 3 is 1.70 bits per heavy atom. The Morgan fingerprint density at radius 1 is 0.767 bits per heavy atom. The average molecular weight is 444 g/mol. The van der Waals surface area contributed by atoms with Crippen LogP contribution >= 0.6 is 0 Å². The number of nitrogens with one attached hydrogen (secondary N) is 2. The second-order valence-corrected chi connectivity index (χ2v) is 6.21. The Morgan fingerprint density at radius 2 is 1.27 bits per heavy atom. The molecule has 0 aliphatic heterocycles. The van der Waals surface area contributed by atoms with Gasteiger partial charge in [0.1, 0.15) is 0 Å². The number of amides is 1. The first-order valence-corrected chi connectivity index (χ1v) is 8.05. The highest BCUT2D eigenvalue weighted by atomic mass is 19.4. The molecule has 0 fully saturated rings. The largest absolute Gasteiger partial charge is 0.439 e. The molecule has 0 radical (unpaired) electrons. The van der Waals surface area contributed by atoms with E-state index in [1.807, 2.05) is 0 Å². The molecule has 0 heterocycles. The lowest BCUT2D eigenvalue weighted by atomic mass is 10.0. The maximum Gasteiger partial charge on any atom is 0.439 e. The topological polar surface area (TPSA) is 41.1 Å². The maximum atomic E-state index is 13.6. The molecular weight excluding hydrogens is 431 g/mol. The van der Waals surface area contributed by atoms with E-state index in [0.29, 0.717) is 24.3 Å². The summed E-state index contributed by atoms with van der Waals surface area (Å²) in [5.41, 5.74) is -7.50. The van der Waals surface area contributed by atoms with Crippen molar-refractivity contribution in [1.82, 2.24) is 5.32 Å². The Hall–Kier alpha value is -2.92. The molecular formula is C18H13F9N2O. The number of carbonyl (C=O) groups excluding carboxylic acids is 1. The highest BCUT2D eigenvalue weighted by Gasteiger charge is 2.72. The summed E-state index contributed by atoms with van der Waals surface area (Å²) in [7, 11) is 0. The van der Waals surface area contributed by atoms with Gasteiger partial charge in [0.15, 0.2) is 0 Å². The monoisotopic (exact) mass is 444 g/mol. The highest BCUT2D eigenvalue weighted by Crippen LogP contribution is 2.44. The van der Waals surface area contributed by atoms with Gasteiger partial charge in [-0.3, -0.25) is 4.79 Å². The van der Waals surface area contributed by atoms with Crippen LogP contribution in [0.4, 0.5) is 45.2 Å². The molecule has 2 aromatic rings. The zero-order valence-corrected chi connectivity index (χ0v) is 14.9. The minimum absolute atomic E-state index is 0.114. The van der Waals surface area contributed by atoms with Crippen LogP contribution in [0.25, 0.3) is 0 Å². The van der Waals surface area contributed by atoms with E-state index in [1.165, 1.54) is 25.1 Å². The number of alkyl halides is 9. The summed E-state index contributed by atoms with van der Waals surface area (Å²) < 4.78 is 120. The minimum Gasteiger partial charge on any atom is -0.348 e. The van der Waals surface area contributed by atoms with Crippen LogP contribution in [0, 0.1) is 6.92 Å². The lowest BCUT2D eigenvalue weighted by Gasteiger charge is -2.39. The first-order valence-electron chi connectivity index (χ1n) is 8.05. The van der Waals surface area contributed by atoms with Crippen molar-refractivity contribution in [2.45, 2.75) is 31.1 Å². The van der Waals surface area contributed by atoms with E-state index in [9.17, 15) is 44.3 Å². The molecule has 2 rings (SSSR count). The molecule has 0 aliphatic rings. The Kier molecular flexibility index (Phi) is 6.02. The van der Waals surface area contributed by atoms with Crippen LogP contribution in [-0.4, -0.2) is 23.9 Å². The molecule has 0 saturated heterocycles. The van der Waals surface area contributed by atoms with Crippen molar-refractivity contribution in [1.29, 1.82) is 0 Å². The Labute approximate surface area is 163 Å². The van der Waals surface area contributed by atoms with Gasteiger partial charge in [0, 0.05) is 11.3 Å². The van der Waals surface area contributed by atoms with Crippen LogP contribution in [0.3, 0.4) is 0 Å². The SMILES string of the molecule is Cc1ccccc1C(=O)NC(Nc1ccc(C(F)(F)F)cc1)(C(F)(F)F)C(F)(F)F. The summed E-state index contributed by atoms with van der Waals surface area (Å²) in [6, 6.07) is 6.42. The fourth-order valence-electron chi connectivity index (χ4n) is 2.50. The molecule has 30 heavy (non-hydrogen) atoms. The molecule has 164 valence electrons. The van der Waals surface area contributed by atoms with E-state index < -0.39 is 46.9 Å². The van der Waals surface area contributed by atoms with Gasteiger partial charge in [-0.2, -0.15) is 39.5 Å². The van der Waals surface area contributed by atoms with Crippen molar-refractivity contribution in [3.63, 3.8) is 0 Å². The summed E-state index contributed by atoms with van der Waals surface area (Å²) in [6.07, 6.45) is -17.1. The van der Waals surface area contributed by atoms with Crippen molar-refractivity contribution < 1.29 is 44.3 Å². The van der Waals surface area contributed by atoms with E-state index in [1.54, 1.807) is 0 Å². The number of anilines is 1. The van der Waals surface area contributed by atoms with Gasteiger partial charge < -0.3 is 10.6 Å². The van der Waals surface area contributed by atoms with Gasteiger partial charge in [-0.15, -0.1) is 0 Å². The molecule has 3 nitrogen and oxygen atoms in total. The van der Waals surface area contributed by atoms with Crippen LogP contribution in [0.15, 0.2) is 48.5 Å². The summed E-state index contributed by atoms with van der Waals surface area (Å²) in [5, 5.41) is 2.06. The summed E-state index contributed by atoms with van der Waals surface area (Å²) in [5.74, 6) is -1.68. The molecule has 2 N–H and O–H groups in total. The predicted octanol–water partition coefficient (Wildman–Crippen LogP) is 5.68. The molecule has 0 aromatic heterocycles. The molecule has 0 saturated carbocycles. The molecule has 0 spiro atoms. The van der Waals surface area contributed by atoms with Crippen molar-refractivity contribution in [3.05, 3.63) is 65.2 Å². The minimum atomic E-state index is -6.10. The summed E-state index contributed by atoms with van der Waals surface area (Å²) >= 11 is 0. The van der Waals surface area contributed by atoms with Crippen LogP contribution in [0.1, 0.15) is 21.5 Å². The van der Waals surface area contributed by atoms with E-state index in [2.05, 4.69) is 0 Å². The van der Waals surface area contributed by atoms with Crippen molar-refractivity contribution in [2.75, 3.05) is 5.32 Å². The van der Waals surface area contributed by atoms with E-state index in [4.69, 9.17) is 0 Å². The van der Waals surface area contributed by atoms with E-state index in [0.717, 1.165) is 16.7 Å². The number of halogens is 9. The number of hydrogen-bond donors (Lipinski definition) is 2. The lowest BCUT2D eigenvalue weighted by Crippen LogP contribution is -2.72. The number of rotatable bonds is 4.